The van der Waals surface area contributed by atoms with Crippen molar-refractivity contribution < 1.29 is 0 Å². The molecule has 0 saturated heterocycles. The van der Waals surface area contributed by atoms with E-state index in [2.05, 4.69) is 204 Å². The summed E-state index contributed by atoms with van der Waals surface area (Å²) >= 11 is 3.84. The van der Waals surface area contributed by atoms with Gasteiger partial charge in [-0.25, -0.2) is 0 Å². The summed E-state index contributed by atoms with van der Waals surface area (Å²) in [7, 11) is -2.74. The van der Waals surface area contributed by atoms with Crippen molar-refractivity contribution in [2.75, 3.05) is 4.90 Å². The topological polar surface area (TPSA) is 8.17 Å². The Balaban J connectivity index is 1.23. The minimum Gasteiger partial charge on any atom is -0.310 e. The summed E-state index contributed by atoms with van der Waals surface area (Å²) < 4.78 is 2.41. The predicted molar refractivity (Wildman–Crippen MR) is 227 cm³/mol. The molecular weight excluding hydrogens is 697 g/mol. The smallest absolute Gasteiger partial charge is 0.184 e. The summed E-state index contributed by atoms with van der Waals surface area (Å²) in [6, 6.07) is 72.2. The lowest BCUT2D eigenvalue weighted by molar-refractivity contribution is 1.18. The van der Waals surface area contributed by atoms with E-state index < -0.39 is 8.07 Å². The summed E-state index contributed by atoms with van der Waals surface area (Å²) in [6.07, 6.45) is 0. The largest absolute Gasteiger partial charge is 0.310 e. The van der Waals surface area contributed by atoms with E-state index in [-0.39, 0.29) is 0 Å². The molecule has 9 aromatic rings. The minimum absolute atomic E-state index is 1.14. The number of para-hydroxylation sites is 3. The summed E-state index contributed by atoms with van der Waals surface area (Å²) in [4.78, 5) is 7.95. The van der Waals surface area contributed by atoms with Gasteiger partial charge in [0.1, 0.15) is 0 Å². The van der Waals surface area contributed by atoms with Crippen molar-refractivity contribution in [3.8, 4) is 5.69 Å². The fraction of sp³-hybridized carbons (Fsp3) is 0. The molecule has 0 radical (unpaired) electrons. The van der Waals surface area contributed by atoms with Crippen LogP contribution in [0, 0.1) is 0 Å². The number of hydrogen-bond acceptors (Lipinski definition) is 3. The Morgan fingerprint density at radius 2 is 0.925 bits per heavy atom. The maximum Gasteiger partial charge on any atom is 0.184 e. The number of nitrogens with zero attached hydrogens (tertiary/aromatic N) is 2. The highest BCUT2D eigenvalue weighted by Crippen LogP contribution is 2.45. The van der Waals surface area contributed by atoms with Gasteiger partial charge >= 0.3 is 0 Å². The zero-order valence-corrected chi connectivity index (χ0v) is 31.3. The molecule has 8 aromatic carbocycles. The van der Waals surface area contributed by atoms with E-state index in [1.165, 1.54) is 73.5 Å². The molecule has 0 fully saturated rings. The molecule has 0 bridgehead atoms. The first-order valence-corrected chi connectivity index (χ1v) is 21.7. The molecule has 250 valence electrons. The molecule has 11 rings (SSSR count). The first-order valence-electron chi connectivity index (χ1n) is 18.0. The van der Waals surface area contributed by atoms with Crippen LogP contribution in [0.5, 0.6) is 0 Å². The molecule has 0 atom stereocenters. The van der Waals surface area contributed by atoms with E-state index >= 15 is 0 Å². The van der Waals surface area contributed by atoms with Gasteiger partial charge in [-0.1, -0.05) is 139 Å². The third kappa shape index (κ3) is 4.55. The molecule has 5 heteroatoms. The predicted octanol–water partition coefficient (Wildman–Crippen LogP) is 10.6. The lowest BCUT2D eigenvalue weighted by Crippen LogP contribution is -2.78. The van der Waals surface area contributed by atoms with Crippen LogP contribution in [-0.2, 0) is 0 Å². The van der Waals surface area contributed by atoms with Crippen LogP contribution in [0.4, 0.5) is 17.1 Å². The third-order valence-electron chi connectivity index (χ3n) is 10.9. The molecule has 1 aromatic heterocycles. The van der Waals surface area contributed by atoms with E-state index in [4.69, 9.17) is 0 Å². The van der Waals surface area contributed by atoms with Crippen molar-refractivity contribution in [3.63, 3.8) is 0 Å². The Bertz CT molecular complexity index is 2760. The van der Waals surface area contributed by atoms with Gasteiger partial charge in [-0.3, -0.25) is 0 Å². The van der Waals surface area contributed by atoms with Crippen molar-refractivity contribution in [1.82, 2.24) is 4.57 Å². The highest BCUT2D eigenvalue weighted by Gasteiger charge is 2.51. The van der Waals surface area contributed by atoms with Gasteiger partial charge in [0, 0.05) is 47.4 Å². The average molecular weight is 729 g/mol. The number of benzene rings is 8. The first kappa shape index (κ1) is 30.9. The molecule has 53 heavy (non-hydrogen) atoms. The fourth-order valence-corrected chi connectivity index (χ4v) is 17.9. The van der Waals surface area contributed by atoms with Crippen molar-refractivity contribution in [2.45, 2.75) is 19.6 Å². The van der Waals surface area contributed by atoms with E-state index in [1.54, 1.807) is 0 Å². The lowest BCUT2D eigenvalue weighted by Gasteiger charge is -2.44. The summed E-state index contributed by atoms with van der Waals surface area (Å²) in [5.41, 5.74) is 7.02. The quantitative estimate of drug-likeness (QED) is 0.167. The second-order valence-corrected chi connectivity index (χ2v) is 19.5. The maximum atomic E-state index is 2.55. The van der Waals surface area contributed by atoms with E-state index in [9.17, 15) is 0 Å². The van der Waals surface area contributed by atoms with E-state index in [0.717, 1.165) is 11.4 Å². The van der Waals surface area contributed by atoms with Gasteiger partial charge in [-0.05, 0) is 99.6 Å². The van der Waals surface area contributed by atoms with Gasteiger partial charge in [-0.15, -0.1) is 0 Å². The van der Waals surface area contributed by atoms with Crippen molar-refractivity contribution in [2.24, 2.45) is 0 Å². The highest BCUT2D eigenvalue weighted by molar-refractivity contribution is 8.01. The van der Waals surface area contributed by atoms with Gasteiger partial charge in [0.05, 0.1) is 16.7 Å². The fourth-order valence-electron chi connectivity index (χ4n) is 8.79. The van der Waals surface area contributed by atoms with Gasteiger partial charge in [0.15, 0.2) is 8.07 Å². The Morgan fingerprint density at radius 1 is 0.396 bits per heavy atom. The molecule has 2 nitrogen and oxygen atoms in total. The maximum absolute atomic E-state index is 2.74. The van der Waals surface area contributed by atoms with Crippen molar-refractivity contribution >= 4 is 91.2 Å². The van der Waals surface area contributed by atoms with Crippen molar-refractivity contribution in [3.05, 3.63) is 194 Å². The first-order chi connectivity index (χ1) is 26.3. The zero-order valence-electron chi connectivity index (χ0n) is 28.7. The van der Waals surface area contributed by atoms with E-state index in [1.807, 2.05) is 23.5 Å². The Morgan fingerprint density at radius 3 is 1.58 bits per heavy atom. The zero-order chi connectivity index (χ0) is 34.9. The van der Waals surface area contributed by atoms with Crippen molar-refractivity contribution in [1.29, 1.82) is 0 Å². The molecule has 2 aliphatic rings. The van der Waals surface area contributed by atoms with Gasteiger partial charge in [0.2, 0.25) is 0 Å². The van der Waals surface area contributed by atoms with Crippen LogP contribution in [0.1, 0.15) is 0 Å². The Hall–Kier alpha value is -5.72. The van der Waals surface area contributed by atoms with Gasteiger partial charge < -0.3 is 9.47 Å². The number of hydrogen-bond donors (Lipinski definition) is 0. The second-order valence-electron chi connectivity index (χ2n) is 13.7. The Kier molecular flexibility index (Phi) is 7.09. The second kappa shape index (κ2) is 12.2. The van der Waals surface area contributed by atoms with Crippen LogP contribution in [0.25, 0.3) is 27.5 Å². The molecule has 0 aliphatic carbocycles. The van der Waals surface area contributed by atoms with E-state index in [0.29, 0.717) is 0 Å². The minimum atomic E-state index is -2.74. The van der Waals surface area contributed by atoms with Crippen LogP contribution in [0.15, 0.2) is 214 Å². The molecule has 0 N–H and O–H groups in total. The standard InChI is InChI=1S/C48H32N2S2Si/c1-3-16-33(17-4-1)49(38-22-15-23-39-48(38)36-20-7-8-21-37(36)50(39)34-18-5-2-6-19-34)35-30-31-43-47(32-35)53(46-29-14-11-26-42(46)52-43)44-27-12-9-24-40(44)51-41-25-10-13-28-45(41)53/h1-32H. The summed E-state index contributed by atoms with van der Waals surface area (Å²) in [6.45, 7) is 0. The van der Waals surface area contributed by atoms with Gasteiger partial charge in [0.25, 0.3) is 0 Å². The average Bonchev–Trinajstić information content (AvgIpc) is 3.57. The summed E-state index contributed by atoms with van der Waals surface area (Å²) in [5, 5.41) is 8.38. The van der Waals surface area contributed by atoms with Crippen LogP contribution >= 0.6 is 23.5 Å². The molecule has 2 aliphatic heterocycles. The molecule has 1 spiro atoms. The molecule has 0 amide bonds. The molecule has 0 unspecified atom stereocenters. The number of aromatic nitrogens is 1. The number of anilines is 3. The monoisotopic (exact) mass is 728 g/mol. The molecule has 3 heterocycles. The summed E-state index contributed by atoms with van der Waals surface area (Å²) in [5.74, 6) is 0. The van der Waals surface area contributed by atoms with Crippen LogP contribution in [-0.4, -0.2) is 12.6 Å². The molecule has 0 saturated carbocycles. The third-order valence-corrected chi connectivity index (χ3v) is 18.9. The number of fused-ring (bicyclic) bond motifs is 11. The van der Waals surface area contributed by atoms with Gasteiger partial charge in [-0.2, -0.15) is 0 Å². The SMILES string of the molecule is c1ccc(N(c2ccc3c(c2)[Si]2(c4ccccc4Sc4ccccc42)c2ccccc2S3)c2cccc3c2c2ccccc2n3-c2ccccc2)cc1. The Labute approximate surface area is 318 Å². The lowest BCUT2D eigenvalue weighted by atomic mass is 10.1. The van der Waals surface area contributed by atoms with Crippen LogP contribution in [0.3, 0.4) is 0 Å². The number of rotatable bonds is 4. The van der Waals surface area contributed by atoms with Crippen LogP contribution in [0.2, 0.25) is 0 Å². The molecular formula is C48H32N2S2Si. The van der Waals surface area contributed by atoms with Crippen LogP contribution < -0.4 is 25.6 Å². The normalized spacial score (nSPS) is 13.7. The highest BCUT2D eigenvalue weighted by atomic mass is 32.2.